The molecule has 0 atom stereocenters. The third-order valence-corrected chi connectivity index (χ3v) is 11.4. The predicted molar refractivity (Wildman–Crippen MR) is 249 cm³/mol. The molecule has 0 amide bonds. The first-order valence-corrected chi connectivity index (χ1v) is 24.2. The number of rotatable bonds is 38. The maximum Gasteiger partial charge on any atom is 0.0816 e. The van der Waals surface area contributed by atoms with E-state index in [2.05, 4.69) is 81.5 Å². The van der Waals surface area contributed by atoms with Crippen LogP contribution in [0.1, 0.15) is 237 Å². The van der Waals surface area contributed by atoms with Crippen LogP contribution in [0.5, 0.6) is 0 Å². The molecule has 0 fully saturated rings. The van der Waals surface area contributed by atoms with Gasteiger partial charge in [0, 0.05) is 0 Å². The van der Waals surface area contributed by atoms with Gasteiger partial charge in [-0.05, 0) is 80.0 Å². The number of allylic oxidation sites excluding steroid dienone is 2. The van der Waals surface area contributed by atoms with Crippen LogP contribution in [-0.2, 0) is 12.8 Å². The molecular weight excluding hydrogens is 665 g/mol. The van der Waals surface area contributed by atoms with Crippen molar-refractivity contribution < 1.29 is 0 Å². The summed E-state index contributed by atoms with van der Waals surface area (Å²) in [6.07, 6.45) is 53.1. The Kier molecular flexibility index (Phi) is 32.8. The number of benzene rings is 2. The van der Waals surface area contributed by atoms with Crippen LogP contribution >= 0.6 is 0 Å². The number of hydrogen-bond donors (Lipinski definition) is 0. The van der Waals surface area contributed by atoms with Gasteiger partial charge >= 0.3 is 0 Å². The molecule has 310 valence electrons. The highest BCUT2D eigenvalue weighted by Gasteiger charge is 2.00. The highest BCUT2D eigenvalue weighted by Crippen LogP contribution is 2.19. The molecule has 0 aliphatic heterocycles. The fraction of sp³-hybridized carbons (Fsp3) is 0.698. The van der Waals surface area contributed by atoms with Crippen molar-refractivity contribution in [2.45, 2.75) is 239 Å². The van der Waals surface area contributed by atoms with Crippen molar-refractivity contribution in [1.29, 1.82) is 0 Å². The number of aryl methyl sites for hydroxylation is 2. The number of nitrogens with zero attached hydrogens (tertiary/aromatic N) is 2. The Morgan fingerprint density at radius 3 is 1.09 bits per heavy atom. The van der Waals surface area contributed by atoms with Crippen molar-refractivity contribution >= 4 is 23.3 Å². The number of unbranched alkanes of at least 4 members (excludes halogenated alkanes) is 29. The van der Waals surface area contributed by atoms with E-state index in [1.807, 2.05) is 6.21 Å². The molecule has 0 spiro atoms. The van der Waals surface area contributed by atoms with Crippen LogP contribution in [0, 0.1) is 0 Å². The van der Waals surface area contributed by atoms with E-state index in [-0.39, 0.29) is 0 Å². The Balaban J connectivity index is 1.66. The Morgan fingerprint density at radius 1 is 0.382 bits per heavy atom. The summed E-state index contributed by atoms with van der Waals surface area (Å²) in [7, 11) is 0. The SMILES string of the molecule is CCCCCCCCCCCCCCCCCCCCCCCC=CC(C=Nc1ccc(CCCCCCC)cc1)=Nc1ccc(CCCCCCC)cc1. The topological polar surface area (TPSA) is 24.7 Å². The molecule has 0 aliphatic rings. The largest absolute Gasteiger partial charge is 0.255 e. The number of hydrogen-bond acceptors (Lipinski definition) is 2. The van der Waals surface area contributed by atoms with E-state index in [1.54, 1.807) is 0 Å². The molecule has 0 aromatic heterocycles. The van der Waals surface area contributed by atoms with Crippen LogP contribution in [0.3, 0.4) is 0 Å². The molecular formula is C53H88N2. The van der Waals surface area contributed by atoms with Crippen LogP contribution in [-0.4, -0.2) is 11.9 Å². The van der Waals surface area contributed by atoms with Crippen molar-refractivity contribution in [1.82, 2.24) is 0 Å². The summed E-state index contributed by atoms with van der Waals surface area (Å²) in [6, 6.07) is 17.7. The van der Waals surface area contributed by atoms with Gasteiger partial charge in [-0.2, -0.15) is 0 Å². The van der Waals surface area contributed by atoms with Gasteiger partial charge in [0.2, 0.25) is 0 Å². The molecule has 0 saturated heterocycles. The van der Waals surface area contributed by atoms with Crippen LogP contribution in [0.2, 0.25) is 0 Å². The van der Waals surface area contributed by atoms with Gasteiger partial charge < -0.3 is 0 Å². The van der Waals surface area contributed by atoms with E-state index < -0.39 is 0 Å². The summed E-state index contributed by atoms with van der Waals surface area (Å²) < 4.78 is 0. The van der Waals surface area contributed by atoms with Crippen molar-refractivity contribution in [3.8, 4) is 0 Å². The maximum absolute atomic E-state index is 5.03. The molecule has 0 radical (unpaired) electrons. The molecule has 55 heavy (non-hydrogen) atoms. The summed E-state index contributed by atoms with van der Waals surface area (Å²) in [4.78, 5) is 9.87. The monoisotopic (exact) mass is 753 g/mol. The fourth-order valence-electron chi connectivity index (χ4n) is 7.65. The van der Waals surface area contributed by atoms with Gasteiger partial charge in [0.1, 0.15) is 0 Å². The summed E-state index contributed by atoms with van der Waals surface area (Å²) in [5.41, 5.74) is 5.77. The Morgan fingerprint density at radius 2 is 0.709 bits per heavy atom. The Labute approximate surface area is 343 Å². The maximum atomic E-state index is 5.03. The zero-order chi connectivity index (χ0) is 39.1. The first-order chi connectivity index (χ1) is 27.2. The second kappa shape index (κ2) is 37.1. The second-order valence-corrected chi connectivity index (χ2v) is 16.7. The first-order valence-electron chi connectivity index (χ1n) is 24.2. The lowest BCUT2D eigenvalue weighted by atomic mass is 10.0. The van der Waals surface area contributed by atoms with Crippen LogP contribution < -0.4 is 0 Å². The van der Waals surface area contributed by atoms with Gasteiger partial charge in [0.15, 0.2) is 0 Å². The molecule has 0 heterocycles. The molecule has 2 heteroatoms. The zero-order valence-electron chi connectivity index (χ0n) is 36.8. The van der Waals surface area contributed by atoms with E-state index in [9.17, 15) is 0 Å². The van der Waals surface area contributed by atoms with Gasteiger partial charge in [-0.3, -0.25) is 4.99 Å². The van der Waals surface area contributed by atoms with Crippen LogP contribution in [0.25, 0.3) is 0 Å². The molecule has 0 bridgehead atoms. The summed E-state index contributed by atoms with van der Waals surface area (Å²) >= 11 is 0. The Bertz CT molecular complexity index is 1190. The normalized spacial score (nSPS) is 12.2. The molecule has 2 rings (SSSR count). The highest BCUT2D eigenvalue weighted by molar-refractivity contribution is 6.36. The minimum Gasteiger partial charge on any atom is -0.255 e. The Hall–Kier alpha value is -2.48. The molecule has 2 aromatic rings. The van der Waals surface area contributed by atoms with Crippen molar-refractivity contribution in [3.63, 3.8) is 0 Å². The lowest BCUT2D eigenvalue weighted by molar-refractivity contribution is 0.520. The summed E-state index contributed by atoms with van der Waals surface area (Å²) in [5.74, 6) is 0. The third-order valence-electron chi connectivity index (χ3n) is 11.4. The average Bonchev–Trinajstić information content (AvgIpc) is 3.21. The predicted octanol–water partition coefficient (Wildman–Crippen LogP) is 18.3. The van der Waals surface area contributed by atoms with Gasteiger partial charge in [0.05, 0.1) is 23.3 Å². The van der Waals surface area contributed by atoms with E-state index in [0.29, 0.717) is 0 Å². The van der Waals surface area contributed by atoms with Gasteiger partial charge in [0.25, 0.3) is 0 Å². The van der Waals surface area contributed by atoms with E-state index >= 15 is 0 Å². The lowest BCUT2D eigenvalue weighted by Gasteiger charge is -2.04. The fourth-order valence-corrected chi connectivity index (χ4v) is 7.65. The average molecular weight is 753 g/mol. The smallest absolute Gasteiger partial charge is 0.0816 e. The van der Waals surface area contributed by atoms with Crippen molar-refractivity contribution in [3.05, 3.63) is 71.8 Å². The van der Waals surface area contributed by atoms with Crippen LogP contribution in [0.15, 0.2) is 70.7 Å². The van der Waals surface area contributed by atoms with E-state index in [0.717, 1.165) is 36.3 Å². The molecule has 2 nitrogen and oxygen atoms in total. The lowest BCUT2D eigenvalue weighted by Crippen LogP contribution is -1.95. The third kappa shape index (κ3) is 29.4. The van der Waals surface area contributed by atoms with E-state index in [1.165, 1.54) is 210 Å². The molecule has 0 unspecified atom stereocenters. The molecule has 0 saturated carbocycles. The minimum absolute atomic E-state index is 0.927. The van der Waals surface area contributed by atoms with Gasteiger partial charge in [-0.1, -0.05) is 231 Å². The summed E-state index contributed by atoms with van der Waals surface area (Å²) in [6.45, 7) is 6.87. The quantitative estimate of drug-likeness (QED) is 0.0482. The first kappa shape index (κ1) is 48.7. The van der Waals surface area contributed by atoms with Crippen LogP contribution in [0.4, 0.5) is 11.4 Å². The second-order valence-electron chi connectivity index (χ2n) is 16.7. The van der Waals surface area contributed by atoms with E-state index in [4.69, 9.17) is 9.98 Å². The zero-order valence-corrected chi connectivity index (χ0v) is 36.8. The summed E-state index contributed by atoms with van der Waals surface area (Å²) in [5, 5.41) is 0. The standard InChI is InChI=1S/C53H88N2/c1-4-7-10-13-14-15-16-17-18-19-20-21-22-23-24-25-26-27-28-29-30-33-36-39-53(55-52-46-42-50(43-47-52)38-35-32-12-9-6-3)48-54-51-44-40-49(41-45-51)37-34-31-11-8-5-2/h36,39-48H,4-35,37-38H2,1-3H3. The van der Waals surface area contributed by atoms with Crippen molar-refractivity contribution in [2.24, 2.45) is 9.98 Å². The molecule has 0 N–H and O–H groups in total. The van der Waals surface area contributed by atoms with Gasteiger partial charge in [-0.25, -0.2) is 4.99 Å². The molecule has 2 aromatic carbocycles. The van der Waals surface area contributed by atoms with Crippen molar-refractivity contribution in [2.75, 3.05) is 0 Å². The molecule has 0 aliphatic carbocycles. The van der Waals surface area contributed by atoms with Gasteiger partial charge in [-0.15, -0.1) is 0 Å². The minimum atomic E-state index is 0.927. The number of aliphatic imine (C=N–C) groups is 2. The highest BCUT2D eigenvalue weighted by atomic mass is 14.8.